The highest BCUT2D eigenvalue weighted by Gasteiger charge is 2.33. The fourth-order valence-corrected chi connectivity index (χ4v) is 3.41. The molecule has 1 unspecified atom stereocenters. The van der Waals surface area contributed by atoms with E-state index >= 15 is 0 Å². The normalized spacial score (nSPS) is 20.8. The fourth-order valence-electron chi connectivity index (χ4n) is 1.90. The van der Waals surface area contributed by atoms with Crippen LogP contribution in [0.1, 0.15) is 19.4 Å². The van der Waals surface area contributed by atoms with Crippen molar-refractivity contribution in [2.45, 2.75) is 19.9 Å². The van der Waals surface area contributed by atoms with Gasteiger partial charge in [-0.2, -0.15) is 0 Å². The molecule has 1 aliphatic heterocycles. The zero-order valence-electron chi connectivity index (χ0n) is 11.0. The Morgan fingerprint density at radius 1 is 1.30 bits per heavy atom. The second-order valence-electron chi connectivity index (χ2n) is 4.42. The van der Waals surface area contributed by atoms with E-state index in [0.29, 0.717) is 11.1 Å². The molecule has 0 radical (unpaired) electrons. The third-order valence-electron chi connectivity index (χ3n) is 2.91. The van der Waals surface area contributed by atoms with E-state index in [9.17, 15) is 13.2 Å². The van der Waals surface area contributed by atoms with Crippen LogP contribution >= 0.6 is 0 Å². The molecule has 0 aromatic heterocycles. The molecule has 1 aliphatic rings. The zero-order chi connectivity index (χ0) is 14.9. The molecular formula is C13H14N2O4S. The lowest BCUT2D eigenvalue weighted by Crippen LogP contribution is -2.26. The van der Waals surface area contributed by atoms with E-state index in [1.54, 1.807) is 37.3 Å². The lowest BCUT2D eigenvalue weighted by molar-refractivity contribution is -0.137. The molecule has 2 N–H and O–H groups in total. The maximum Gasteiger partial charge on any atom is 0.328 e. The van der Waals surface area contributed by atoms with Crippen molar-refractivity contribution in [3.05, 3.63) is 41.5 Å². The van der Waals surface area contributed by atoms with Gasteiger partial charge in [0.1, 0.15) is 16.8 Å². The lowest BCUT2D eigenvalue weighted by Gasteiger charge is -2.03. The van der Waals surface area contributed by atoms with E-state index in [-0.39, 0.29) is 10.7 Å². The molecule has 0 bridgehead atoms. The maximum atomic E-state index is 12.1. The summed E-state index contributed by atoms with van der Waals surface area (Å²) >= 11 is 0. The van der Waals surface area contributed by atoms with Crippen LogP contribution in [-0.4, -0.2) is 31.4 Å². The Hall–Kier alpha value is -2.15. The summed E-state index contributed by atoms with van der Waals surface area (Å²) in [5, 5.41) is 8.84. The summed E-state index contributed by atoms with van der Waals surface area (Å²) in [6.45, 7) is 2.99. The van der Waals surface area contributed by atoms with Gasteiger partial charge in [-0.15, -0.1) is 0 Å². The number of sulfonamides is 1. The number of hydrogen-bond acceptors (Lipinski definition) is 4. The summed E-state index contributed by atoms with van der Waals surface area (Å²) in [6, 6.07) is 7.61. The van der Waals surface area contributed by atoms with Gasteiger partial charge in [-0.1, -0.05) is 30.3 Å². The largest absolute Gasteiger partial charge is 0.480 e. The Kier molecular flexibility index (Phi) is 3.63. The quantitative estimate of drug-likeness (QED) is 0.876. The Bertz CT molecular complexity index is 705. The molecule has 1 heterocycles. The third kappa shape index (κ3) is 2.57. The van der Waals surface area contributed by atoms with Crippen molar-refractivity contribution in [1.82, 2.24) is 4.72 Å². The Morgan fingerprint density at radius 3 is 2.45 bits per heavy atom. The van der Waals surface area contributed by atoms with E-state index in [2.05, 4.69) is 9.71 Å². The average Bonchev–Trinajstić information content (AvgIpc) is 2.60. The van der Waals surface area contributed by atoms with Gasteiger partial charge in [0.2, 0.25) is 0 Å². The molecule has 20 heavy (non-hydrogen) atoms. The van der Waals surface area contributed by atoms with E-state index < -0.39 is 22.0 Å². The van der Waals surface area contributed by atoms with Crippen molar-refractivity contribution in [2.75, 3.05) is 0 Å². The first-order chi connectivity index (χ1) is 9.33. The fraction of sp³-hybridized carbons (Fsp3) is 0.231. The molecule has 0 spiro atoms. The molecule has 0 fully saturated rings. The number of benzene rings is 1. The van der Waals surface area contributed by atoms with Crippen LogP contribution in [0, 0.1) is 0 Å². The van der Waals surface area contributed by atoms with E-state index in [4.69, 9.17) is 5.11 Å². The van der Waals surface area contributed by atoms with Crippen LogP contribution in [-0.2, 0) is 14.8 Å². The summed E-state index contributed by atoms with van der Waals surface area (Å²) in [7, 11) is -3.70. The topological polar surface area (TPSA) is 95.8 Å². The predicted molar refractivity (Wildman–Crippen MR) is 75.6 cm³/mol. The van der Waals surface area contributed by atoms with Crippen LogP contribution in [0.3, 0.4) is 0 Å². The number of hydrogen-bond donors (Lipinski definition) is 2. The Labute approximate surface area is 116 Å². The molecule has 1 aromatic carbocycles. The van der Waals surface area contributed by atoms with E-state index in [1.807, 2.05) is 0 Å². The lowest BCUT2D eigenvalue weighted by atomic mass is 10.1. The minimum absolute atomic E-state index is 0.0822. The highest BCUT2D eigenvalue weighted by molar-refractivity contribution is 8.00. The first-order valence-electron chi connectivity index (χ1n) is 5.93. The first-order valence-corrected chi connectivity index (χ1v) is 7.41. The summed E-state index contributed by atoms with van der Waals surface area (Å²) in [5.41, 5.74) is 0.968. The number of amidine groups is 1. The number of carboxylic acid groups (broad SMARTS) is 1. The van der Waals surface area contributed by atoms with Crippen molar-refractivity contribution in [3.8, 4) is 0 Å². The summed E-state index contributed by atoms with van der Waals surface area (Å²) < 4.78 is 26.6. The van der Waals surface area contributed by atoms with Crippen LogP contribution in [0.4, 0.5) is 0 Å². The molecule has 0 aliphatic carbocycles. The standard InChI is InChI=1S/C13H14N2O4S/c1-8-11(10-6-4-3-5-7-10)20(18,19)15-12(8)14-9(2)13(16)17/h3-7,9H,1-2H3,(H,14,15)(H,16,17). The van der Waals surface area contributed by atoms with Crippen LogP contribution in [0.25, 0.3) is 4.91 Å². The number of aliphatic carboxylic acids is 1. The molecule has 6 nitrogen and oxygen atoms in total. The van der Waals surface area contributed by atoms with Gasteiger partial charge in [0.25, 0.3) is 10.0 Å². The van der Waals surface area contributed by atoms with Crippen molar-refractivity contribution in [2.24, 2.45) is 4.99 Å². The van der Waals surface area contributed by atoms with Gasteiger partial charge in [-0.05, 0) is 19.4 Å². The smallest absolute Gasteiger partial charge is 0.328 e. The molecule has 1 atom stereocenters. The Morgan fingerprint density at radius 2 is 1.90 bits per heavy atom. The molecule has 1 aromatic rings. The molecule has 0 amide bonds. The van der Waals surface area contributed by atoms with Crippen LogP contribution < -0.4 is 4.72 Å². The van der Waals surface area contributed by atoms with Gasteiger partial charge >= 0.3 is 5.97 Å². The van der Waals surface area contributed by atoms with Crippen LogP contribution in [0.2, 0.25) is 0 Å². The van der Waals surface area contributed by atoms with Gasteiger partial charge in [0, 0.05) is 5.57 Å². The SMILES string of the molecule is CC1=C(c2ccccc2)S(=O)(=O)NC1=NC(C)C(=O)O. The van der Waals surface area contributed by atoms with Crippen molar-refractivity contribution in [3.63, 3.8) is 0 Å². The summed E-state index contributed by atoms with van der Waals surface area (Å²) in [6.07, 6.45) is 0. The minimum atomic E-state index is -3.70. The number of carboxylic acids is 1. The van der Waals surface area contributed by atoms with Crippen LogP contribution in [0.5, 0.6) is 0 Å². The minimum Gasteiger partial charge on any atom is -0.480 e. The average molecular weight is 294 g/mol. The van der Waals surface area contributed by atoms with Gasteiger partial charge in [0.15, 0.2) is 0 Å². The second-order valence-corrected chi connectivity index (χ2v) is 6.04. The highest BCUT2D eigenvalue weighted by atomic mass is 32.2. The monoisotopic (exact) mass is 294 g/mol. The van der Waals surface area contributed by atoms with E-state index in [1.165, 1.54) is 6.92 Å². The molecule has 2 rings (SSSR count). The summed E-state index contributed by atoms with van der Waals surface area (Å²) in [4.78, 5) is 14.8. The van der Waals surface area contributed by atoms with Crippen LogP contribution in [0.15, 0.2) is 40.9 Å². The number of carbonyl (C=O) groups is 1. The zero-order valence-corrected chi connectivity index (χ0v) is 11.8. The predicted octanol–water partition coefficient (Wildman–Crippen LogP) is 1.22. The molecule has 0 saturated heterocycles. The Balaban J connectivity index is 2.54. The van der Waals surface area contributed by atoms with Gasteiger partial charge in [-0.3, -0.25) is 9.71 Å². The number of nitrogens with one attached hydrogen (secondary N) is 1. The first kappa shape index (κ1) is 14.3. The third-order valence-corrected chi connectivity index (χ3v) is 4.45. The van der Waals surface area contributed by atoms with Gasteiger partial charge in [-0.25, -0.2) is 13.2 Å². The second kappa shape index (κ2) is 5.09. The van der Waals surface area contributed by atoms with Crippen molar-refractivity contribution >= 4 is 26.7 Å². The van der Waals surface area contributed by atoms with Gasteiger partial charge in [0.05, 0.1) is 0 Å². The maximum absolute atomic E-state index is 12.1. The number of aliphatic imine (C=N–C) groups is 1. The van der Waals surface area contributed by atoms with Crippen molar-refractivity contribution < 1.29 is 18.3 Å². The summed E-state index contributed by atoms with van der Waals surface area (Å²) in [5.74, 6) is -1.03. The van der Waals surface area contributed by atoms with Crippen molar-refractivity contribution in [1.29, 1.82) is 0 Å². The molecule has 106 valence electrons. The van der Waals surface area contributed by atoms with E-state index in [0.717, 1.165) is 0 Å². The number of nitrogens with zero attached hydrogens (tertiary/aromatic N) is 1. The molecule has 0 saturated carbocycles. The molecule has 7 heteroatoms. The van der Waals surface area contributed by atoms with Gasteiger partial charge < -0.3 is 5.11 Å². The molecular weight excluding hydrogens is 280 g/mol. The highest BCUT2D eigenvalue weighted by Crippen LogP contribution is 2.29. The number of rotatable bonds is 3.